The van der Waals surface area contributed by atoms with Crippen LogP contribution in [0.5, 0.6) is 0 Å². The van der Waals surface area contributed by atoms with E-state index in [-0.39, 0.29) is 0 Å². The van der Waals surface area contributed by atoms with E-state index >= 15 is 0 Å². The normalized spacial score (nSPS) is 12.4. The van der Waals surface area contributed by atoms with Gasteiger partial charge in [-0.3, -0.25) is 0 Å². The molecule has 0 aliphatic rings. The lowest BCUT2D eigenvalue weighted by atomic mass is 9.89. The zero-order valence-electron chi connectivity index (χ0n) is 41.4. The number of hydrogen-bond acceptors (Lipinski definition) is 0. The van der Waals surface area contributed by atoms with Crippen molar-refractivity contribution < 1.29 is 0 Å². The summed E-state index contributed by atoms with van der Waals surface area (Å²) in [5.74, 6) is 3.67. The van der Waals surface area contributed by atoms with E-state index in [1.54, 1.807) is 54.1 Å². The van der Waals surface area contributed by atoms with Crippen LogP contribution in [0.4, 0.5) is 0 Å². The Labute approximate surface area is 375 Å². The lowest BCUT2D eigenvalue weighted by Gasteiger charge is -2.33. The van der Waals surface area contributed by atoms with Crippen LogP contribution in [-0.2, 0) is 0 Å². The molecule has 0 N–H and O–H groups in total. The summed E-state index contributed by atoms with van der Waals surface area (Å²) < 4.78 is 0. The van der Waals surface area contributed by atoms with Gasteiger partial charge in [0.25, 0.3) is 0 Å². The van der Waals surface area contributed by atoms with Crippen molar-refractivity contribution in [1.82, 2.24) is 0 Å². The topological polar surface area (TPSA) is 0 Å². The average Bonchev–Trinajstić information content (AvgIpc) is 3.20. The van der Waals surface area contributed by atoms with Crippen molar-refractivity contribution in [2.45, 2.75) is 178 Å². The molecule has 0 saturated heterocycles. The van der Waals surface area contributed by atoms with Crippen LogP contribution in [0.2, 0.25) is 0 Å². The van der Waals surface area contributed by atoms with Crippen LogP contribution in [0.1, 0.15) is 228 Å². The van der Waals surface area contributed by atoms with E-state index in [1.165, 1.54) is 38.2 Å². The second-order valence-corrected chi connectivity index (χ2v) is 27.6. The highest BCUT2D eigenvalue weighted by Gasteiger charge is 2.34. The third kappa shape index (κ3) is 9.19. The summed E-state index contributed by atoms with van der Waals surface area (Å²) in [6.45, 7) is 44.1. The van der Waals surface area contributed by atoms with E-state index in [4.69, 9.17) is 0 Å². The van der Waals surface area contributed by atoms with E-state index in [9.17, 15) is 0 Å². The molecule has 6 aromatic carbocycles. The monoisotopic (exact) mass is 843 g/mol. The summed E-state index contributed by atoms with van der Waals surface area (Å²) in [6, 6.07) is 37.4. The second-order valence-electron chi connectivity index (χ2n) is 21.1. The summed E-state index contributed by atoms with van der Waals surface area (Å²) in [7, 11) is -3.31. The van der Waals surface area contributed by atoms with Crippen LogP contribution in [0.3, 0.4) is 0 Å². The van der Waals surface area contributed by atoms with E-state index in [0.29, 0.717) is 53.3 Å². The van der Waals surface area contributed by atoms with E-state index < -0.39 is 15.8 Å². The van der Waals surface area contributed by atoms with Crippen molar-refractivity contribution >= 4 is 58.1 Å². The molecule has 322 valence electrons. The molecule has 0 fully saturated rings. The minimum absolute atomic E-state index is 0.380. The first-order valence-corrected chi connectivity index (χ1v) is 27.9. The molecule has 61 heavy (non-hydrogen) atoms. The van der Waals surface area contributed by atoms with Crippen molar-refractivity contribution in [3.63, 3.8) is 0 Å². The molecule has 0 aliphatic carbocycles. The number of benzene rings is 6. The minimum Gasteiger partial charge on any atom is -0.0616 e. The van der Waals surface area contributed by atoms with Gasteiger partial charge in [0, 0.05) is 0 Å². The number of fused-ring (bicyclic) bond motifs is 2. The fraction of sp³-hybridized carbons (Fsp3) is 0.458. The summed E-state index contributed by atoms with van der Waals surface area (Å²) >= 11 is 0. The van der Waals surface area contributed by atoms with Crippen LogP contribution < -0.4 is 20.7 Å². The molecule has 0 atom stereocenters. The van der Waals surface area contributed by atoms with Gasteiger partial charge in [0.15, 0.2) is 0 Å². The van der Waals surface area contributed by atoms with Gasteiger partial charge in [-0.05, 0) is 152 Å². The Morgan fingerprint density at radius 1 is 0.262 bits per heavy atom. The van der Waals surface area contributed by atoms with E-state index in [2.05, 4.69) is 216 Å². The predicted molar refractivity (Wildman–Crippen MR) is 278 cm³/mol. The number of rotatable bonds is 13. The summed E-state index contributed by atoms with van der Waals surface area (Å²) in [6.07, 6.45) is 0. The number of hydrogen-bond donors (Lipinski definition) is 0. The minimum atomic E-state index is -1.67. The molecule has 2 heteroatoms. The highest BCUT2D eigenvalue weighted by atomic mass is 28.9. The van der Waals surface area contributed by atoms with Crippen molar-refractivity contribution in [2.75, 3.05) is 0 Å². The lowest BCUT2D eigenvalue weighted by molar-refractivity contribution is 0.810. The Morgan fingerprint density at radius 3 is 0.721 bits per heavy atom. The quantitative estimate of drug-likeness (QED) is 0.0803. The van der Waals surface area contributed by atoms with Crippen molar-refractivity contribution in [2.24, 2.45) is 0 Å². The third-order valence-electron chi connectivity index (χ3n) is 13.4. The Morgan fingerprint density at radius 2 is 0.492 bits per heavy atom. The van der Waals surface area contributed by atoms with Gasteiger partial charge < -0.3 is 0 Å². The Bertz CT molecular complexity index is 2350. The zero-order chi connectivity index (χ0) is 44.8. The molecular weight excluding hydrogens is 765 g/mol. The van der Waals surface area contributed by atoms with Gasteiger partial charge in [-0.15, -0.1) is 0 Å². The first kappa shape index (κ1) is 46.8. The van der Waals surface area contributed by atoms with Crippen LogP contribution in [0.25, 0.3) is 21.5 Å². The van der Waals surface area contributed by atoms with Gasteiger partial charge in [-0.1, -0.05) is 210 Å². The van der Waals surface area contributed by atoms with Crippen LogP contribution in [-0.4, -0.2) is 15.8 Å². The fourth-order valence-corrected chi connectivity index (χ4v) is 22.6. The maximum atomic E-state index is 2.67. The smallest absolute Gasteiger partial charge is 0.0616 e. The highest BCUT2D eigenvalue weighted by molar-refractivity contribution is 7.21. The Balaban J connectivity index is 2.17. The summed E-state index contributed by atoms with van der Waals surface area (Å²) in [5.41, 5.74) is 14.0. The molecule has 6 aromatic rings. The molecule has 0 spiro atoms. The molecule has 0 amide bonds. The average molecular weight is 843 g/mol. The maximum Gasteiger partial charge on any atom is 0.0710 e. The summed E-state index contributed by atoms with van der Waals surface area (Å²) in [4.78, 5) is 0. The summed E-state index contributed by atoms with van der Waals surface area (Å²) in [5, 5.41) is 12.4. The Hall–Kier alpha value is -3.73. The molecule has 6 rings (SSSR count). The standard InChI is InChI=1S/C59H78Si2/c1-34(2)45-28-50(37(7)8)57(51(29-45)38(9)10)60(56-48-25-21-19-23-43(48)27-44-24-20-22-26-49(44)56)61(58-52(39(11)12)30-46(35(3)4)31-53(58)40(13)14)59-54(41(15)16)32-47(36(5)6)33-55(59)42(17)18/h19-42H,1-18H3. The molecule has 0 nitrogen and oxygen atoms in total. The molecule has 0 bridgehead atoms. The molecule has 0 radical (unpaired) electrons. The van der Waals surface area contributed by atoms with Gasteiger partial charge in [-0.25, -0.2) is 0 Å². The highest BCUT2D eigenvalue weighted by Crippen LogP contribution is 2.33. The molecule has 0 aromatic heterocycles. The largest absolute Gasteiger partial charge is 0.0710 e. The van der Waals surface area contributed by atoms with Gasteiger partial charge in [0.2, 0.25) is 0 Å². The van der Waals surface area contributed by atoms with Crippen LogP contribution in [0.15, 0.2) is 91.0 Å². The SMILES string of the molecule is CC(C)c1cc(C(C)C)c([Si](c2c(C(C)C)cc(C(C)C)cc2C(C)C)=[Si](c2c(C(C)C)cc(C(C)C)cc2C(C)C)c2c3ccccc3cc3ccccc23)c(C(C)C)c1. The second kappa shape index (κ2) is 18.9. The van der Waals surface area contributed by atoms with E-state index in [0.717, 1.165) is 0 Å². The molecule has 0 aliphatic heterocycles. The van der Waals surface area contributed by atoms with Crippen LogP contribution in [0, 0.1) is 0 Å². The van der Waals surface area contributed by atoms with Crippen molar-refractivity contribution in [1.29, 1.82) is 0 Å². The van der Waals surface area contributed by atoms with Crippen LogP contribution >= 0.6 is 0 Å². The third-order valence-corrected chi connectivity index (χ3v) is 22.7. The van der Waals surface area contributed by atoms with Crippen molar-refractivity contribution in [3.8, 4) is 0 Å². The van der Waals surface area contributed by atoms with Crippen molar-refractivity contribution in [3.05, 3.63) is 141 Å². The maximum absolute atomic E-state index is 2.67. The molecule has 0 unspecified atom stereocenters. The van der Waals surface area contributed by atoms with E-state index in [1.807, 2.05) is 0 Å². The first-order chi connectivity index (χ1) is 28.7. The molecule has 0 heterocycles. The molecular formula is C59H78Si2. The van der Waals surface area contributed by atoms with Gasteiger partial charge in [0.1, 0.15) is 0 Å². The first-order valence-electron chi connectivity index (χ1n) is 23.9. The van der Waals surface area contributed by atoms with Gasteiger partial charge >= 0.3 is 0 Å². The lowest BCUT2D eigenvalue weighted by Crippen LogP contribution is -2.57. The molecule has 0 saturated carbocycles. The zero-order valence-corrected chi connectivity index (χ0v) is 43.4. The Kier molecular flexibility index (Phi) is 14.5. The van der Waals surface area contributed by atoms with Gasteiger partial charge in [0.05, 0.1) is 15.8 Å². The predicted octanol–water partition coefficient (Wildman–Crippen LogP) is 15.1. The van der Waals surface area contributed by atoms with Gasteiger partial charge in [-0.2, -0.15) is 0 Å². The fourth-order valence-electron chi connectivity index (χ4n) is 9.77.